The van der Waals surface area contributed by atoms with E-state index in [-0.39, 0.29) is 11.8 Å². The molecule has 0 aliphatic carbocycles. The second-order valence-electron chi connectivity index (χ2n) is 7.52. The molecule has 0 radical (unpaired) electrons. The maximum absolute atomic E-state index is 12.9. The number of hydrogen-bond donors (Lipinski definition) is 1. The molecule has 1 N–H and O–H groups in total. The van der Waals surface area contributed by atoms with Crippen LogP contribution in [0.15, 0.2) is 42.5 Å². The van der Waals surface area contributed by atoms with Crippen molar-refractivity contribution in [1.82, 2.24) is 10.2 Å². The number of fused-ring (bicyclic) bond motifs is 1. The summed E-state index contributed by atoms with van der Waals surface area (Å²) in [6, 6.07) is 13.2. The number of anilines is 1. The molecule has 2 aliphatic heterocycles. The Labute approximate surface area is 170 Å². The van der Waals surface area contributed by atoms with Crippen LogP contribution in [0.4, 0.5) is 5.69 Å². The van der Waals surface area contributed by atoms with Gasteiger partial charge in [0.15, 0.2) is 0 Å². The minimum Gasteiger partial charge on any atom is -0.348 e. The minimum absolute atomic E-state index is 0.0331. The molecule has 4 rings (SSSR count). The summed E-state index contributed by atoms with van der Waals surface area (Å²) in [4.78, 5) is 29.8. The average Bonchev–Trinajstić information content (AvgIpc) is 2.69. The Morgan fingerprint density at radius 2 is 1.89 bits per heavy atom. The van der Waals surface area contributed by atoms with Gasteiger partial charge in [0.05, 0.1) is 21.8 Å². The number of carbonyl (C=O) groups excluding carboxylic acids is 2. The van der Waals surface area contributed by atoms with Gasteiger partial charge in [0.1, 0.15) is 5.66 Å². The second kappa shape index (κ2) is 7.13. The van der Waals surface area contributed by atoms with Crippen molar-refractivity contribution < 1.29 is 9.59 Å². The zero-order chi connectivity index (χ0) is 19.9. The number of nitrogens with one attached hydrogen (secondary N) is 1. The van der Waals surface area contributed by atoms with Crippen LogP contribution >= 0.6 is 11.6 Å². The van der Waals surface area contributed by atoms with Crippen LogP contribution in [0.1, 0.15) is 46.0 Å². The fraction of sp³-hybridized carbons (Fsp3) is 0.364. The maximum Gasteiger partial charge on any atom is 0.255 e. The fourth-order valence-electron chi connectivity index (χ4n) is 4.40. The van der Waals surface area contributed by atoms with Gasteiger partial charge >= 0.3 is 0 Å². The van der Waals surface area contributed by atoms with Crippen LogP contribution in [0.2, 0.25) is 5.02 Å². The molecule has 0 saturated carbocycles. The van der Waals surface area contributed by atoms with Gasteiger partial charge in [-0.15, -0.1) is 0 Å². The quantitative estimate of drug-likeness (QED) is 0.837. The third kappa shape index (κ3) is 3.04. The molecule has 5 nitrogen and oxygen atoms in total. The monoisotopic (exact) mass is 397 g/mol. The number of hydrogen-bond acceptors (Lipinski definition) is 3. The number of rotatable bonds is 2. The molecule has 2 amide bonds. The number of likely N-dealkylation sites (tertiary alicyclic amines) is 1. The molecule has 0 unspecified atom stereocenters. The van der Waals surface area contributed by atoms with Gasteiger partial charge in [-0.1, -0.05) is 35.4 Å². The molecule has 0 atom stereocenters. The number of benzene rings is 2. The second-order valence-corrected chi connectivity index (χ2v) is 7.93. The third-order valence-electron chi connectivity index (χ3n) is 5.85. The zero-order valence-corrected chi connectivity index (χ0v) is 16.9. The van der Waals surface area contributed by atoms with E-state index in [0.29, 0.717) is 36.5 Å². The maximum atomic E-state index is 12.9. The molecule has 0 aromatic heterocycles. The molecule has 2 aliphatic rings. The summed E-state index contributed by atoms with van der Waals surface area (Å²) in [6.07, 6.45) is 1.35. The van der Waals surface area contributed by atoms with E-state index >= 15 is 0 Å². The molecule has 146 valence electrons. The molecule has 2 aromatic carbocycles. The van der Waals surface area contributed by atoms with Crippen LogP contribution in [0, 0.1) is 6.92 Å². The average molecular weight is 398 g/mol. The summed E-state index contributed by atoms with van der Waals surface area (Å²) in [7, 11) is 0. The van der Waals surface area contributed by atoms with Crippen molar-refractivity contribution in [3.63, 3.8) is 0 Å². The number of piperidine rings is 1. The van der Waals surface area contributed by atoms with Crippen molar-refractivity contribution in [2.45, 2.75) is 32.4 Å². The lowest BCUT2D eigenvalue weighted by atomic mass is 9.89. The normalized spacial score (nSPS) is 18.0. The molecule has 6 heteroatoms. The molecule has 1 fully saturated rings. The predicted octanol–water partition coefficient (Wildman–Crippen LogP) is 3.85. The Morgan fingerprint density at radius 1 is 1.18 bits per heavy atom. The van der Waals surface area contributed by atoms with E-state index in [2.05, 4.69) is 17.1 Å². The highest BCUT2D eigenvalue weighted by Crippen LogP contribution is 2.38. The van der Waals surface area contributed by atoms with Crippen LogP contribution in [0.25, 0.3) is 0 Å². The Hall–Kier alpha value is -2.53. The summed E-state index contributed by atoms with van der Waals surface area (Å²) in [5, 5.41) is 3.72. The molecular formula is C22H24ClN3O2. The molecular weight excluding hydrogens is 374 g/mol. The van der Waals surface area contributed by atoms with Crippen molar-refractivity contribution in [2.75, 3.05) is 24.5 Å². The Morgan fingerprint density at radius 3 is 2.57 bits per heavy atom. The summed E-state index contributed by atoms with van der Waals surface area (Å²) in [5.74, 6) is -0.0871. The van der Waals surface area contributed by atoms with Gasteiger partial charge in [0.2, 0.25) is 0 Å². The van der Waals surface area contributed by atoms with E-state index in [0.717, 1.165) is 23.4 Å². The first kappa shape index (κ1) is 18.8. The standard InChI is InChI=1S/C22H24ClN3O2/c1-3-26-19-9-8-15(2)14-17(19)20(27)24-22(26)10-12-25(13-11-22)21(28)16-6-4-5-7-18(16)23/h4-9,14H,3,10-13H2,1-2H3,(H,24,27). The first-order valence-electron chi connectivity index (χ1n) is 9.70. The SMILES string of the molecule is CCN1c2ccc(C)cc2C(=O)NC12CCN(C(=O)c1ccccc1Cl)CC2. The smallest absolute Gasteiger partial charge is 0.255 e. The van der Waals surface area contributed by atoms with Gasteiger partial charge in [-0.05, 0) is 38.1 Å². The highest BCUT2D eigenvalue weighted by molar-refractivity contribution is 6.33. The largest absolute Gasteiger partial charge is 0.348 e. The van der Waals surface area contributed by atoms with E-state index < -0.39 is 5.66 Å². The van der Waals surface area contributed by atoms with E-state index in [1.807, 2.05) is 42.2 Å². The lowest BCUT2D eigenvalue weighted by Crippen LogP contribution is -2.68. The van der Waals surface area contributed by atoms with Crippen molar-refractivity contribution >= 4 is 29.1 Å². The van der Waals surface area contributed by atoms with Gasteiger partial charge in [-0.2, -0.15) is 0 Å². The lowest BCUT2D eigenvalue weighted by molar-refractivity contribution is 0.0604. The van der Waals surface area contributed by atoms with Crippen LogP contribution in [-0.4, -0.2) is 42.0 Å². The van der Waals surface area contributed by atoms with E-state index in [1.54, 1.807) is 12.1 Å². The highest BCUT2D eigenvalue weighted by Gasteiger charge is 2.45. The molecule has 0 bridgehead atoms. The molecule has 2 aromatic rings. The number of nitrogens with zero attached hydrogens (tertiary/aromatic N) is 2. The van der Waals surface area contributed by atoms with Crippen LogP contribution < -0.4 is 10.2 Å². The predicted molar refractivity (Wildman–Crippen MR) is 111 cm³/mol. The van der Waals surface area contributed by atoms with Crippen molar-refractivity contribution in [3.8, 4) is 0 Å². The summed E-state index contributed by atoms with van der Waals surface area (Å²) in [6.45, 7) is 6.02. The molecule has 1 saturated heterocycles. The third-order valence-corrected chi connectivity index (χ3v) is 6.18. The van der Waals surface area contributed by atoms with Gasteiger partial charge in [-0.3, -0.25) is 9.59 Å². The van der Waals surface area contributed by atoms with Gasteiger partial charge in [0, 0.05) is 32.5 Å². The summed E-state index contributed by atoms with van der Waals surface area (Å²) >= 11 is 6.20. The number of aryl methyl sites for hydroxylation is 1. The number of halogens is 1. The Bertz CT molecular complexity index is 935. The van der Waals surface area contributed by atoms with E-state index in [1.165, 1.54) is 0 Å². The fourth-order valence-corrected chi connectivity index (χ4v) is 4.61. The van der Waals surface area contributed by atoms with E-state index in [9.17, 15) is 9.59 Å². The van der Waals surface area contributed by atoms with Gasteiger partial charge in [0.25, 0.3) is 11.8 Å². The molecule has 1 spiro atoms. The van der Waals surface area contributed by atoms with Gasteiger partial charge in [-0.25, -0.2) is 0 Å². The van der Waals surface area contributed by atoms with Crippen molar-refractivity contribution in [1.29, 1.82) is 0 Å². The van der Waals surface area contributed by atoms with E-state index in [4.69, 9.17) is 11.6 Å². The number of amides is 2. The first-order chi connectivity index (χ1) is 13.4. The van der Waals surface area contributed by atoms with Crippen LogP contribution in [0.3, 0.4) is 0 Å². The Balaban J connectivity index is 1.58. The lowest BCUT2D eigenvalue weighted by Gasteiger charge is -2.52. The summed E-state index contributed by atoms with van der Waals surface area (Å²) in [5.41, 5.74) is 2.84. The van der Waals surface area contributed by atoms with Crippen LogP contribution in [-0.2, 0) is 0 Å². The Kier molecular flexibility index (Phi) is 4.79. The minimum atomic E-state index is -0.453. The summed E-state index contributed by atoms with van der Waals surface area (Å²) < 4.78 is 0. The number of carbonyl (C=O) groups is 2. The molecule has 28 heavy (non-hydrogen) atoms. The van der Waals surface area contributed by atoms with Crippen molar-refractivity contribution in [3.05, 3.63) is 64.2 Å². The topological polar surface area (TPSA) is 52.7 Å². The first-order valence-corrected chi connectivity index (χ1v) is 10.1. The van der Waals surface area contributed by atoms with Gasteiger partial charge < -0.3 is 15.1 Å². The molecule has 2 heterocycles. The van der Waals surface area contributed by atoms with Crippen LogP contribution in [0.5, 0.6) is 0 Å². The zero-order valence-electron chi connectivity index (χ0n) is 16.2. The highest BCUT2D eigenvalue weighted by atomic mass is 35.5. The van der Waals surface area contributed by atoms with Crippen molar-refractivity contribution in [2.24, 2.45) is 0 Å².